The second-order valence-electron chi connectivity index (χ2n) is 7.68. The van der Waals surface area contributed by atoms with E-state index in [4.69, 9.17) is 11.5 Å². The first kappa shape index (κ1) is 23.9. The molecule has 0 aliphatic heterocycles. The van der Waals surface area contributed by atoms with Crippen LogP contribution in [-0.2, 0) is 22.6 Å². The van der Waals surface area contributed by atoms with Gasteiger partial charge in [-0.25, -0.2) is 13.1 Å². The van der Waals surface area contributed by atoms with Crippen molar-refractivity contribution in [3.05, 3.63) is 23.3 Å². The van der Waals surface area contributed by atoms with Gasteiger partial charge in [0.2, 0.25) is 15.8 Å². The van der Waals surface area contributed by atoms with Crippen LogP contribution in [0.25, 0.3) is 11.4 Å². The van der Waals surface area contributed by atoms with Gasteiger partial charge in [-0.2, -0.15) is 18.4 Å². The predicted octanol–water partition coefficient (Wildman–Crippen LogP) is 1.56. The van der Waals surface area contributed by atoms with E-state index in [1.54, 1.807) is 0 Å². The Morgan fingerprint density at radius 1 is 1.25 bits per heavy atom. The van der Waals surface area contributed by atoms with Crippen LogP contribution in [0, 0.1) is 5.92 Å². The number of nitrogens with one attached hydrogen (secondary N) is 2. The van der Waals surface area contributed by atoms with Gasteiger partial charge in [-0.1, -0.05) is 6.07 Å². The van der Waals surface area contributed by atoms with E-state index >= 15 is 0 Å². The summed E-state index contributed by atoms with van der Waals surface area (Å²) in [7, 11) is -3.43. The molecule has 0 amide bonds. The molecule has 1 aromatic heterocycles. The van der Waals surface area contributed by atoms with Crippen molar-refractivity contribution < 1.29 is 21.6 Å². The zero-order valence-corrected chi connectivity index (χ0v) is 18.2. The Labute approximate surface area is 183 Å². The van der Waals surface area contributed by atoms with Crippen LogP contribution in [0.3, 0.4) is 0 Å². The number of rotatable bonds is 7. The van der Waals surface area contributed by atoms with Crippen LogP contribution < -0.4 is 16.2 Å². The first-order valence-electron chi connectivity index (χ1n) is 10.0. The van der Waals surface area contributed by atoms with Gasteiger partial charge in [0.05, 0.1) is 11.6 Å². The third-order valence-electron chi connectivity index (χ3n) is 5.63. The maximum Gasteiger partial charge on any atom is 0.417 e. The highest BCUT2D eigenvalue weighted by Gasteiger charge is 2.40. The monoisotopic (exact) mass is 474 g/mol. The summed E-state index contributed by atoms with van der Waals surface area (Å²) in [5.41, 5.74) is 9.79. The lowest BCUT2D eigenvalue weighted by molar-refractivity contribution is -0.139. The maximum absolute atomic E-state index is 13.7. The SMILES string of the molecule is CNS(=O)(=O)c1c(C(F)(F)F)ccc(CCC2CCC(N=C(N)N)CC2)c1-c1nn[nH]n1. The Bertz CT molecular complexity index is 1060. The number of aromatic amines is 1. The highest BCUT2D eigenvalue weighted by atomic mass is 32.2. The lowest BCUT2D eigenvalue weighted by Crippen LogP contribution is -2.27. The summed E-state index contributed by atoms with van der Waals surface area (Å²) in [5.74, 6) is 0.155. The van der Waals surface area contributed by atoms with Gasteiger partial charge in [0.25, 0.3) is 0 Å². The summed E-state index contributed by atoms with van der Waals surface area (Å²) in [6.45, 7) is 0. The van der Waals surface area contributed by atoms with E-state index in [0.29, 0.717) is 24.3 Å². The molecule has 176 valence electrons. The Morgan fingerprint density at radius 2 is 1.94 bits per heavy atom. The van der Waals surface area contributed by atoms with Crippen molar-refractivity contribution in [1.29, 1.82) is 0 Å². The van der Waals surface area contributed by atoms with Crippen molar-refractivity contribution >= 4 is 16.0 Å². The molecule has 1 aromatic carbocycles. The molecular weight excluding hydrogens is 449 g/mol. The van der Waals surface area contributed by atoms with Crippen LogP contribution in [0.15, 0.2) is 22.0 Å². The summed E-state index contributed by atoms with van der Waals surface area (Å²) < 4.78 is 68.3. The maximum atomic E-state index is 13.7. The zero-order chi connectivity index (χ0) is 23.5. The van der Waals surface area contributed by atoms with E-state index in [9.17, 15) is 21.6 Å². The average Bonchev–Trinajstić information content (AvgIpc) is 3.26. The number of aliphatic imine (C=N–C) groups is 1. The van der Waals surface area contributed by atoms with Gasteiger partial charge >= 0.3 is 6.18 Å². The Hall–Kier alpha value is -2.74. The number of halogens is 3. The van der Waals surface area contributed by atoms with E-state index in [-0.39, 0.29) is 23.4 Å². The van der Waals surface area contributed by atoms with Crippen LogP contribution in [-0.4, -0.2) is 48.1 Å². The lowest BCUT2D eigenvalue weighted by atomic mass is 9.82. The fourth-order valence-electron chi connectivity index (χ4n) is 4.08. The zero-order valence-electron chi connectivity index (χ0n) is 17.4. The van der Waals surface area contributed by atoms with E-state index in [2.05, 4.69) is 25.6 Å². The van der Waals surface area contributed by atoms with Gasteiger partial charge in [-0.15, -0.1) is 10.2 Å². The molecule has 0 saturated heterocycles. The highest BCUT2D eigenvalue weighted by molar-refractivity contribution is 7.89. The van der Waals surface area contributed by atoms with Crippen LogP contribution in [0.1, 0.15) is 43.2 Å². The Balaban J connectivity index is 1.95. The van der Waals surface area contributed by atoms with Gasteiger partial charge in [0.15, 0.2) is 5.96 Å². The summed E-state index contributed by atoms with van der Waals surface area (Å²) >= 11 is 0. The molecule has 0 bridgehead atoms. The molecule has 0 radical (unpaired) electrons. The van der Waals surface area contributed by atoms with Crippen LogP contribution >= 0.6 is 0 Å². The van der Waals surface area contributed by atoms with Crippen molar-refractivity contribution in [1.82, 2.24) is 25.3 Å². The van der Waals surface area contributed by atoms with E-state index in [0.717, 1.165) is 38.8 Å². The molecule has 32 heavy (non-hydrogen) atoms. The largest absolute Gasteiger partial charge is 0.417 e. The number of hydrogen-bond donors (Lipinski definition) is 4. The number of aryl methyl sites for hydroxylation is 1. The smallest absolute Gasteiger partial charge is 0.370 e. The second kappa shape index (κ2) is 9.40. The van der Waals surface area contributed by atoms with Gasteiger partial charge in [0, 0.05) is 5.56 Å². The second-order valence-corrected chi connectivity index (χ2v) is 9.51. The minimum atomic E-state index is -4.89. The van der Waals surface area contributed by atoms with Crippen LogP contribution in [0.5, 0.6) is 0 Å². The number of sulfonamides is 1. The van der Waals surface area contributed by atoms with Gasteiger partial charge < -0.3 is 11.5 Å². The summed E-state index contributed by atoms with van der Waals surface area (Å²) in [4.78, 5) is 3.28. The summed E-state index contributed by atoms with van der Waals surface area (Å²) in [6, 6.07) is 2.15. The average molecular weight is 475 g/mol. The Morgan fingerprint density at radius 3 is 2.47 bits per heavy atom. The molecule has 0 unspecified atom stereocenters. The van der Waals surface area contributed by atoms with E-state index in [1.807, 2.05) is 4.72 Å². The van der Waals surface area contributed by atoms with Gasteiger partial charge in [-0.3, -0.25) is 4.99 Å². The first-order chi connectivity index (χ1) is 15.0. The molecule has 1 aliphatic rings. The van der Waals surface area contributed by atoms with Gasteiger partial charge in [-0.05, 0) is 68.3 Å². The summed E-state index contributed by atoms with van der Waals surface area (Å²) in [6.07, 6.45) is -0.530. The highest BCUT2D eigenvalue weighted by Crippen LogP contribution is 2.41. The van der Waals surface area contributed by atoms with Crippen molar-refractivity contribution in [2.75, 3.05) is 7.05 Å². The fraction of sp³-hybridized carbons (Fsp3) is 0.556. The minimum absolute atomic E-state index is 0.0567. The fourth-order valence-corrected chi connectivity index (χ4v) is 5.25. The number of benzene rings is 1. The summed E-state index contributed by atoms with van der Waals surface area (Å²) in [5, 5.41) is 13.1. The predicted molar refractivity (Wildman–Crippen MR) is 111 cm³/mol. The number of nitrogens with two attached hydrogens (primary N) is 2. The number of guanidine groups is 1. The van der Waals surface area contributed by atoms with Crippen LogP contribution in [0.4, 0.5) is 13.2 Å². The topological polar surface area (TPSA) is 165 Å². The van der Waals surface area contributed by atoms with Crippen molar-refractivity contribution in [3.63, 3.8) is 0 Å². The molecule has 10 nitrogen and oxygen atoms in total. The molecule has 14 heteroatoms. The number of H-pyrrole nitrogens is 1. The molecule has 0 spiro atoms. The number of nitrogens with zero attached hydrogens (tertiary/aromatic N) is 4. The molecule has 0 atom stereocenters. The number of hydrogen-bond acceptors (Lipinski definition) is 6. The molecule has 1 saturated carbocycles. The van der Waals surface area contributed by atoms with E-state index in [1.165, 1.54) is 6.07 Å². The van der Waals surface area contributed by atoms with Crippen molar-refractivity contribution in [2.45, 2.75) is 55.6 Å². The Kier molecular flexibility index (Phi) is 7.03. The molecule has 2 aromatic rings. The van der Waals surface area contributed by atoms with Crippen LogP contribution in [0.2, 0.25) is 0 Å². The normalized spacial score (nSPS) is 19.6. The van der Waals surface area contributed by atoms with Crippen molar-refractivity contribution in [3.8, 4) is 11.4 Å². The standard InChI is InChI=1S/C18H25F3N8O2S/c1-24-32(30,31)15-13(18(19,20)21)9-6-11(14(15)16-26-28-29-27-16)5-2-10-3-7-12(8-4-10)25-17(22)23/h6,9-10,12,24H,2-5,7-8H2,1H3,(H4,22,23,25)(H,26,27,28,29). The van der Waals surface area contributed by atoms with E-state index < -0.39 is 26.7 Å². The molecular formula is C18H25F3N8O2S. The molecule has 1 heterocycles. The molecule has 1 fully saturated rings. The number of aromatic nitrogens is 4. The molecule has 6 N–H and O–H groups in total. The first-order valence-corrected chi connectivity index (χ1v) is 11.5. The number of tetrazole rings is 1. The molecule has 1 aliphatic carbocycles. The minimum Gasteiger partial charge on any atom is -0.370 e. The van der Waals surface area contributed by atoms with Crippen molar-refractivity contribution in [2.24, 2.45) is 22.4 Å². The number of alkyl halides is 3. The third kappa shape index (κ3) is 5.35. The molecule has 3 rings (SSSR count). The third-order valence-corrected chi connectivity index (χ3v) is 7.12. The van der Waals surface area contributed by atoms with Gasteiger partial charge in [0.1, 0.15) is 4.90 Å². The quantitative estimate of drug-likeness (QED) is 0.349. The lowest BCUT2D eigenvalue weighted by Gasteiger charge is -2.26.